The molecule has 0 aromatic heterocycles. The van der Waals surface area contributed by atoms with Crippen LogP contribution in [0, 0.1) is 0 Å². The van der Waals surface area contributed by atoms with Gasteiger partial charge in [-0.25, -0.2) is 0 Å². The van der Waals surface area contributed by atoms with Crippen LogP contribution >= 0.6 is 0 Å². The summed E-state index contributed by atoms with van der Waals surface area (Å²) in [6.07, 6.45) is 2.66. The summed E-state index contributed by atoms with van der Waals surface area (Å²) in [5, 5.41) is 0. The first-order valence-corrected chi connectivity index (χ1v) is 7.54. The van der Waals surface area contributed by atoms with E-state index in [0.717, 1.165) is 26.2 Å². The van der Waals surface area contributed by atoms with Crippen LogP contribution in [-0.2, 0) is 6.54 Å². The largest absolute Gasteiger partial charge is 0.329 e. The Hall–Kier alpha value is -0.900. The van der Waals surface area contributed by atoms with Gasteiger partial charge in [-0.3, -0.25) is 4.90 Å². The van der Waals surface area contributed by atoms with Gasteiger partial charge in [-0.1, -0.05) is 37.3 Å². The fraction of sp³-hybridized carbons (Fsp3) is 0.625. The quantitative estimate of drug-likeness (QED) is 0.814. The van der Waals surface area contributed by atoms with Gasteiger partial charge >= 0.3 is 0 Å². The topological polar surface area (TPSA) is 32.5 Å². The third-order valence-electron chi connectivity index (χ3n) is 4.09. The highest BCUT2D eigenvalue weighted by Gasteiger charge is 2.25. The number of likely N-dealkylation sites (N-methyl/N-ethyl adjacent to an activating group) is 1. The fourth-order valence-corrected chi connectivity index (χ4v) is 2.99. The molecule has 0 aliphatic carbocycles. The zero-order chi connectivity index (χ0) is 13.5. The van der Waals surface area contributed by atoms with Crippen LogP contribution in [0.5, 0.6) is 0 Å². The molecule has 106 valence electrons. The van der Waals surface area contributed by atoms with Gasteiger partial charge in [-0.05, 0) is 31.5 Å². The molecule has 1 fully saturated rings. The van der Waals surface area contributed by atoms with Gasteiger partial charge in [-0.15, -0.1) is 0 Å². The standard InChI is InChI=1S/C16H27N3/c1-2-18(12-10-17)14-16-9-6-11-19(16)13-15-7-4-3-5-8-15/h3-5,7-8,16H,2,6,9-14,17H2,1H3. The molecule has 1 atom stereocenters. The van der Waals surface area contributed by atoms with E-state index in [1.807, 2.05) is 0 Å². The van der Waals surface area contributed by atoms with Crippen LogP contribution in [0.2, 0.25) is 0 Å². The molecule has 19 heavy (non-hydrogen) atoms. The summed E-state index contributed by atoms with van der Waals surface area (Å²) in [5.74, 6) is 0. The van der Waals surface area contributed by atoms with E-state index in [-0.39, 0.29) is 0 Å². The number of likely N-dealkylation sites (tertiary alicyclic amines) is 1. The molecule has 1 aromatic carbocycles. The third kappa shape index (κ3) is 4.30. The molecule has 1 heterocycles. The van der Waals surface area contributed by atoms with E-state index in [1.165, 1.54) is 31.5 Å². The number of hydrogen-bond donors (Lipinski definition) is 1. The summed E-state index contributed by atoms with van der Waals surface area (Å²) in [6.45, 7) is 8.61. The number of rotatable bonds is 7. The molecule has 3 nitrogen and oxygen atoms in total. The molecule has 0 radical (unpaired) electrons. The molecule has 1 saturated heterocycles. The average Bonchev–Trinajstić information content (AvgIpc) is 2.86. The monoisotopic (exact) mass is 261 g/mol. The zero-order valence-corrected chi connectivity index (χ0v) is 12.1. The molecule has 2 N–H and O–H groups in total. The van der Waals surface area contributed by atoms with Gasteiger partial charge in [0, 0.05) is 32.2 Å². The van der Waals surface area contributed by atoms with Crippen molar-refractivity contribution in [1.29, 1.82) is 0 Å². The second-order valence-electron chi connectivity index (χ2n) is 5.43. The SMILES string of the molecule is CCN(CCN)CC1CCCN1Cc1ccccc1. The lowest BCUT2D eigenvalue weighted by Crippen LogP contribution is -2.41. The zero-order valence-electron chi connectivity index (χ0n) is 12.1. The van der Waals surface area contributed by atoms with Crippen LogP contribution in [-0.4, -0.2) is 48.6 Å². The Morgan fingerprint density at radius 2 is 2.11 bits per heavy atom. The summed E-state index contributed by atoms with van der Waals surface area (Å²) in [6, 6.07) is 11.5. The van der Waals surface area contributed by atoms with Gasteiger partial charge < -0.3 is 10.6 Å². The summed E-state index contributed by atoms with van der Waals surface area (Å²) in [7, 11) is 0. The van der Waals surface area contributed by atoms with Crippen molar-refractivity contribution < 1.29 is 0 Å². The van der Waals surface area contributed by atoms with E-state index in [4.69, 9.17) is 5.73 Å². The summed E-state index contributed by atoms with van der Waals surface area (Å²) in [5.41, 5.74) is 7.11. The predicted molar refractivity (Wildman–Crippen MR) is 81.0 cm³/mol. The lowest BCUT2D eigenvalue weighted by Gasteiger charge is -2.30. The van der Waals surface area contributed by atoms with Crippen LogP contribution in [0.25, 0.3) is 0 Å². The van der Waals surface area contributed by atoms with Crippen LogP contribution in [0.3, 0.4) is 0 Å². The van der Waals surface area contributed by atoms with Crippen molar-refractivity contribution in [1.82, 2.24) is 9.80 Å². The Morgan fingerprint density at radius 1 is 1.32 bits per heavy atom. The second kappa shape index (κ2) is 7.63. The van der Waals surface area contributed by atoms with Crippen molar-refractivity contribution in [2.24, 2.45) is 5.73 Å². The van der Waals surface area contributed by atoms with Gasteiger partial charge in [0.25, 0.3) is 0 Å². The summed E-state index contributed by atoms with van der Waals surface area (Å²) >= 11 is 0. The molecule has 3 heteroatoms. The lowest BCUT2D eigenvalue weighted by atomic mass is 10.1. The Morgan fingerprint density at radius 3 is 2.79 bits per heavy atom. The minimum absolute atomic E-state index is 0.701. The van der Waals surface area contributed by atoms with E-state index in [1.54, 1.807) is 0 Å². The van der Waals surface area contributed by atoms with Crippen molar-refractivity contribution in [2.75, 3.05) is 32.7 Å². The molecule has 0 spiro atoms. The molecular formula is C16H27N3. The molecule has 0 bridgehead atoms. The average molecular weight is 261 g/mol. The first kappa shape index (κ1) is 14.5. The minimum Gasteiger partial charge on any atom is -0.329 e. The second-order valence-corrected chi connectivity index (χ2v) is 5.43. The Labute approximate surface area is 117 Å². The van der Waals surface area contributed by atoms with E-state index < -0.39 is 0 Å². The predicted octanol–water partition coefficient (Wildman–Crippen LogP) is 1.93. The van der Waals surface area contributed by atoms with E-state index in [9.17, 15) is 0 Å². The smallest absolute Gasteiger partial charge is 0.0237 e. The van der Waals surface area contributed by atoms with E-state index in [0.29, 0.717) is 6.04 Å². The van der Waals surface area contributed by atoms with Crippen molar-refractivity contribution in [3.05, 3.63) is 35.9 Å². The molecule has 1 aromatic rings. The first-order chi connectivity index (χ1) is 9.33. The maximum absolute atomic E-state index is 5.68. The highest BCUT2D eigenvalue weighted by atomic mass is 15.2. The first-order valence-electron chi connectivity index (χ1n) is 7.54. The minimum atomic E-state index is 0.701. The van der Waals surface area contributed by atoms with Crippen LogP contribution < -0.4 is 5.73 Å². The van der Waals surface area contributed by atoms with Crippen LogP contribution in [0.15, 0.2) is 30.3 Å². The maximum Gasteiger partial charge on any atom is 0.0237 e. The van der Waals surface area contributed by atoms with Gasteiger partial charge in [0.1, 0.15) is 0 Å². The lowest BCUT2D eigenvalue weighted by molar-refractivity contribution is 0.173. The van der Waals surface area contributed by atoms with Crippen molar-refractivity contribution in [2.45, 2.75) is 32.4 Å². The number of benzene rings is 1. The molecule has 1 unspecified atom stereocenters. The molecule has 2 rings (SSSR count). The van der Waals surface area contributed by atoms with Crippen molar-refractivity contribution >= 4 is 0 Å². The Balaban J connectivity index is 1.89. The Kier molecular flexibility index (Phi) is 5.83. The summed E-state index contributed by atoms with van der Waals surface area (Å²) in [4.78, 5) is 5.11. The van der Waals surface area contributed by atoms with Crippen molar-refractivity contribution in [3.63, 3.8) is 0 Å². The molecule has 0 amide bonds. The van der Waals surface area contributed by atoms with Crippen LogP contribution in [0.4, 0.5) is 0 Å². The highest BCUT2D eigenvalue weighted by Crippen LogP contribution is 2.20. The molecule has 1 aliphatic rings. The summed E-state index contributed by atoms with van der Waals surface area (Å²) < 4.78 is 0. The van der Waals surface area contributed by atoms with Gasteiger partial charge in [0.2, 0.25) is 0 Å². The van der Waals surface area contributed by atoms with E-state index >= 15 is 0 Å². The highest BCUT2D eigenvalue weighted by molar-refractivity contribution is 5.14. The van der Waals surface area contributed by atoms with Gasteiger partial charge in [0.05, 0.1) is 0 Å². The third-order valence-corrected chi connectivity index (χ3v) is 4.09. The maximum atomic E-state index is 5.68. The van der Waals surface area contributed by atoms with Crippen molar-refractivity contribution in [3.8, 4) is 0 Å². The number of nitrogens with zero attached hydrogens (tertiary/aromatic N) is 2. The molecular weight excluding hydrogens is 234 g/mol. The normalized spacial score (nSPS) is 20.3. The van der Waals surface area contributed by atoms with Crippen LogP contribution in [0.1, 0.15) is 25.3 Å². The van der Waals surface area contributed by atoms with E-state index in [2.05, 4.69) is 47.1 Å². The number of nitrogens with two attached hydrogens (primary N) is 1. The fourth-order valence-electron chi connectivity index (χ4n) is 2.99. The number of hydrogen-bond acceptors (Lipinski definition) is 3. The Bertz CT molecular complexity index is 352. The van der Waals surface area contributed by atoms with Gasteiger partial charge in [-0.2, -0.15) is 0 Å². The molecule has 1 aliphatic heterocycles. The molecule has 0 saturated carbocycles. The van der Waals surface area contributed by atoms with Gasteiger partial charge in [0.15, 0.2) is 0 Å².